The number of ether oxygens (including phenoxy) is 1. The summed E-state index contributed by atoms with van der Waals surface area (Å²) in [7, 11) is 0. The summed E-state index contributed by atoms with van der Waals surface area (Å²) in [4.78, 5) is 17.3. The summed E-state index contributed by atoms with van der Waals surface area (Å²) >= 11 is 0. The third-order valence-electron chi connectivity index (χ3n) is 9.79. The maximum atomic E-state index is 12.6. The van der Waals surface area contributed by atoms with Crippen LogP contribution in [-0.2, 0) is 9.53 Å². The SMILES string of the molecule is CCCCCCCCCCCCCCCCCC(=O)OC(C)C(CCCCCCCCCCCCCCCC)C1=NCCN1. The van der Waals surface area contributed by atoms with Crippen LogP contribution in [0.1, 0.15) is 220 Å². The molecule has 1 heterocycles. The summed E-state index contributed by atoms with van der Waals surface area (Å²) in [5, 5.41) is 3.47. The number of unbranched alkanes of at least 4 members (excludes halogenated alkanes) is 27. The third kappa shape index (κ3) is 25.2. The van der Waals surface area contributed by atoms with Crippen LogP contribution in [0.5, 0.6) is 0 Å². The topological polar surface area (TPSA) is 50.7 Å². The molecule has 0 spiro atoms. The molecule has 4 heteroatoms. The van der Waals surface area contributed by atoms with Crippen molar-refractivity contribution in [2.24, 2.45) is 10.9 Å². The second-order valence-electron chi connectivity index (χ2n) is 14.1. The molecule has 0 radical (unpaired) electrons. The largest absolute Gasteiger partial charge is 0.462 e. The highest BCUT2D eigenvalue weighted by Crippen LogP contribution is 2.22. The van der Waals surface area contributed by atoms with Crippen molar-refractivity contribution in [3.8, 4) is 0 Å². The predicted octanol–water partition coefficient (Wildman–Crippen LogP) is 12.7. The molecule has 2 atom stereocenters. The van der Waals surface area contributed by atoms with Gasteiger partial charge in [-0.2, -0.15) is 0 Å². The fourth-order valence-corrected chi connectivity index (χ4v) is 6.81. The van der Waals surface area contributed by atoms with E-state index in [9.17, 15) is 4.79 Å². The molecule has 4 nitrogen and oxygen atoms in total. The van der Waals surface area contributed by atoms with Crippen molar-refractivity contribution in [2.45, 2.75) is 226 Å². The van der Waals surface area contributed by atoms with Gasteiger partial charge in [0.1, 0.15) is 11.9 Å². The summed E-state index contributed by atoms with van der Waals surface area (Å²) in [5.41, 5.74) is 0. The van der Waals surface area contributed by atoms with Crippen molar-refractivity contribution in [2.75, 3.05) is 13.1 Å². The van der Waals surface area contributed by atoms with Gasteiger partial charge in [-0.1, -0.05) is 194 Å². The molecule has 0 saturated carbocycles. The molecule has 0 aliphatic carbocycles. The van der Waals surface area contributed by atoms with Crippen LogP contribution in [0.4, 0.5) is 0 Å². The van der Waals surface area contributed by atoms with E-state index in [2.05, 4.69) is 26.1 Å². The Hall–Kier alpha value is -1.06. The minimum absolute atomic E-state index is 0.0169. The standard InChI is InChI=1S/C40H78N2O2/c1-4-6-8-10-12-14-16-18-20-22-24-26-28-30-32-34-39(43)44-37(3)38(40-41-35-36-42-40)33-31-29-27-25-23-21-19-17-15-13-11-9-7-5-2/h37-38H,4-36H2,1-3H3,(H,41,42). The first-order valence-corrected chi connectivity index (χ1v) is 20.2. The average Bonchev–Trinajstić information content (AvgIpc) is 3.55. The van der Waals surface area contributed by atoms with E-state index in [-0.39, 0.29) is 18.0 Å². The van der Waals surface area contributed by atoms with Crippen LogP contribution in [0.25, 0.3) is 0 Å². The smallest absolute Gasteiger partial charge is 0.306 e. The second-order valence-corrected chi connectivity index (χ2v) is 14.1. The van der Waals surface area contributed by atoms with Crippen molar-refractivity contribution in [1.29, 1.82) is 0 Å². The lowest BCUT2D eigenvalue weighted by molar-refractivity contribution is -0.149. The second kappa shape index (κ2) is 31.9. The van der Waals surface area contributed by atoms with E-state index in [4.69, 9.17) is 9.73 Å². The lowest BCUT2D eigenvalue weighted by Gasteiger charge is -2.24. The maximum absolute atomic E-state index is 12.6. The van der Waals surface area contributed by atoms with Gasteiger partial charge in [-0.25, -0.2) is 0 Å². The normalized spacial score (nSPS) is 14.4. The summed E-state index contributed by atoms with van der Waals surface area (Å²) < 4.78 is 5.95. The van der Waals surface area contributed by atoms with Gasteiger partial charge in [0, 0.05) is 13.0 Å². The van der Waals surface area contributed by atoms with Crippen LogP contribution in [0.2, 0.25) is 0 Å². The minimum atomic E-state index is -0.0924. The number of aliphatic imine (C=N–C) groups is 1. The van der Waals surface area contributed by atoms with Crippen LogP contribution in [0.3, 0.4) is 0 Å². The van der Waals surface area contributed by atoms with Crippen molar-refractivity contribution >= 4 is 11.8 Å². The quantitative estimate of drug-likeness (QED) is 0.0576. The zero-order valence-electron chi connectivity index (χ0n) is 30.3. The molecule has 1 rings (SSSR count). The number of nitrogens with one attached hydrogen (secondary N) is 1. The van der Waals surface area contributed by atoms with E-state index >= 15 is 0 Å². The van der Waals surface area contributed by atoms with Crippen LogP contribution >= 0.6 is 0 Å². The summed E-state index contributed by atoms with van der Waals surface area (Å²) in [6, 6.07) is 0. The molecule has 0 aromatic rings. The number of carbonyl (C=O) groups is 1. The van der Waals surface area contributed by atoms with Gasteiger partial charge in [-0.3, -0.25) is 9.79 Å². The zero-order valence-corrected chi connectivity index (χ0v) is 30.3. The van der Waals surface area contributed by atoms with E-state index < -0.39 is 0 Å². The average molecular weight is 619 g/mol. The Bertz CT molecular complexity index is 649. The number of hydrogen-bond donors (Lipinski definition) is 1. The number of rotatable bonds is 34. The Morgan fingerprint density at radius 3 is 1.32 bits per heavy atom. The molecule has 0 fully saturated rings. The van der Waals surface area contributed by atoms with Crippen molar-refractivity contribution in [3.63, 3.8) is 0 Å². The van der Waals surface area contributed by atoms with Gasteiger partial charge in [-0.05, 0) is 19.8 Å². The lowest BCUT2D eigenvalue weighted by Crippen LogP contribution is -2.36. The fourth-order valence-electron chi connectivity index (χ4n) is 6.81. The fraction of sp³-hybridized carbons (Fsp3) is 0.950. The Kier molecular flexibility index (Phi) is 29.7. The molecule has 0 aromatic carbocycles. The molecular weight excluding hydrogens is 540 g/mol. The van der Waals surface area contributed by atoms with Gasteiger partial charge in [0.15, 0.2) is 0 Å². The van der Waals surface area contributed by atoms with Gasteiger partial charge >= 0.3 is 5.97 Å². The molecule has 1 aliphatic heterocycles. The zero-order chi connectivity index (χ0) is 31.8. The predicted molar refractivity (Wildman–Crippen MR) is 194 cm³/mol. The lowest BCUT2D eigenvalue weighted by atomic mass is 9.94. The number of esters is 1. The third-order valence-corrected chi connectivity index (χ3v) is 9.79. The molecule has 1 N–H and O–H groups in total. The Morgan fingerprint density at radius 2 is 0.955 bits per heavy atom. The van der Waals surface area contributed by atoms with Crippen molar-refractivity contribution in [1.82, 2.24) is 5.32 Å². The number of carbonyl (C=O) groups excluding carboxylic acids is 1. The first kappa shape index (κ1) is 41.0. The highest BCUT2D eigenvalue weighted by molar-refractivity contribution is 5.86. The number of hydrogen-bond acceptors (Lipinski definition) is 4. The van der Waals surface area contributed by atoms with Crippen LogP contribution in [0, 0.1) is 5.92 Å². The van der Waals surface area contributed by atoms with Gasteiger partial charge in [-0.15, -0.1) is 0 Å². The Balaban J connectivity index is 2.03. The molecule has 44 heavy (non-hydrogen) atoms. The molecule has 0 saturated heterocycles. The highest BCUT2D eigenvalue weighted by Gasteiger charge is 2.27. The van der Waals surface area contributed by atoms with E-state index in [0.717, 1.165) is 38.2 Å². The molecule has 1 aliphatic rings. The van der Waals surface area contributed by atoms with E-state index in [1.54, 1.807) is 0 Å². The van der Waals surface area contributed by atoms with Crippen LogP contribution in [-0.4, -0.2) is 31.0 Å². The Labute approximate surface area is 276 Å². The van der Waals surface area contributed by atoms with Crippen LogP contribution in [0.15, 0.2) is 4.99 Å². The minimum Gasteiger partial charge on any atom is -0.462 e. The van der Waals surface area contributed by atoms with Gasteiger partial charge < -0.3 is 10.1 Å². The van der Waals surface area contributed by atoms with Gasteiger partial charge in [0.2, 0.25) is 0 Å². The molecule has 0 bridgehead atoms. The first-order valence-electron chi connectivity index (χ1n) is 20.2. The monoisotopic (exact) mass is 619 g/mol. The summed E-state index contributed by atoms with van der Waals surface area (Å²) in [5.74, 6) is 1.28. The number of nitrogens with zero attached hydrogens (tertiary/aromatic N) is 1. The molecule has 0 amide bonds. The number of amidine groups is 1. The summed E-state index contributed by atoms with van der Waals surface area (Å²) in [6.07, 6.45) is 41.0. The Morgan fingerprint density at radius 1 is 0.591 bits per heavy atom. The van der Waals surface area contributed by atoms with Crippen LogP contribution < -0.4 is 5.32 Å². The molecule has 260 valence electrons. The van der Waals surface area contributed by atoms with E-state index in [0.29, 0.717) is 6.42 Å². The first-order chi connectivity index (χ1) is 21.7. The van der Waals surface area contributed by atoms with Gasteiger partial charge in [0.05, 0.1) is 12.5 Å². The molecule has 2 unspecified atom stereocenters. The molecular formula is C40H78N2O2. The van der Waals surface area contributed by atoms with Crippen molar-refractivity contribution < 1.29 is 9.53 Å². The summed E-state index contributed by atoms with van der Waals surface area (Å²) in [6.45, 7) is 8.44. The van der Waals surface area contributed by atoms with E-state index in [1.807, 2.05) is 0 Å². The molecule has 0 aromatic heterocycles. The highest BCUT2D eigenvalue weighted by atomic mass is 16.5. The van der Waals surface area contributed by atoms with Crippen molar-refractivity contribution in [3.05, 3.63) is 0 Å². The van der Waals surface area contributed by atoms with Gasteiger partial charge in [0.25, 0.3) is 0 Å². The maximum Gasteiger partial charge on any atom is 0.306 e. The van der Waals surface area contributed by atoms with E-state index in [1.165, 1.54) is 173 Å².